The van der Waals surface area contributed by atoms with Gasteiger partial charge < -0.3 is 19.9 Å². The number of hydrogen-bond acceptors (Lipinski definition) is 5. The second kappa shape index (κ2) is 5.03. The lowest BCUT2D eigenvalue weighted by Gasteiger charge is -2.03. The van der Waals surface area contributed by atoms with E-state index in [4.69, 9.17) is 10.2 Å². The highest BCUT2D eigenvalue weighted by Crippen LogP contribution is 2.49. The van der Waals surface area contributed by atoms with Gasteiger partial charge in [0.25, 0.3) is 0 Å². The molecule has 0 bridgehead atoms. The molecule has 0 radical (unpaired) electrons. The van der Waals surface area contributed by atoms with Gasteiger partial charge in [-0.2, -0.15) is 0 Å². The summed E-state index contributed by atoms with van der Waals surface area (Å²) in [4.78, 5) is 23.6. The highest BCUT2D eigenvalue weighted by molar-refractivity contribution is 8.93. The van der Waals surface area contributed by atoms with E-state index in [2.05, 4.69) is 4.98 Å². The molecule has 3 rings (SSSR count). The van der Waals surface area contributed by atoms with E-state index in [1.165, 1.54) is 23.7 Å². The van der Waals surface area contributed by atoms with E-state index in [1.54, 1.807) is 0 Å². The van der Waals surface area contributed by atoms with E-state index in [-0.39, 0.29) is 28.0 Å². The van der Waals surface area contributed by atoms with E-state index >= 15 is 0 Å². The first-order valence-corrected chi connectivity index (χ1v) is 7.80. The number of furan rings is 1. The third kappa shape index (κ3) is 2.78. The molecular formula is C10H12BrN2O4PS. The zero-order valence-corrected chi connectivity index (χ0v) is 13.1. The van der Waals surface area contributed by atoms with Crippen LogP contribution in [0, 0.1) is 0 Å². The fraction of sp³-hybridized carbons (Fsp3) is 0.300. The molecule has 2 aromatic heterocycles. The number of thiazole rings is 1. The van der Waals surface area contributed by atoms with Crippen LogP contribution in [0.15, 0.2) is 16.7 Å². The molecule has 9 heteroatoms. The van der Waals surface area contributed by atoms with Gasteiger partial charge in [0.05, 0.1) is 6.26 Å². The van der Waals surface area contributed by atoms with Crippen molar-refractivity contribution >= 4 is 46.4 Å². The van der Waals surface area contributed by atoms with Crippen LogP contribution in [0.1, 0.15) is 23.6 Å². The van der Waals surface area contributed by atoms with Crippen LogP contribution < -0.4 is 11.0 Å². The molecule has 0 aliphatic heterocycles. The van der Waals surface area contributed by atoms with Crippen LogP contribution in [-0.4, -0.2) is 14.8 Å². The van der Waals surface area contributed by atoms with Gasteiger partial charge in [0.15, 0.2) is 10.9 Å². The second-order valence-electron chi connectivity index (χ2n) is 4.22. The first kappa shape index (κ1) is 14.7. The first-order valence-electron chi connectivity index (χ1n) is 5.37. The SMILES string of the molecule is Br.Nc1nc(-c2occc2P(=O)(O)O)c(C2CC2)s1. The van der Waals surface area contributed by atoms with Crippen molar-refractivity contribution in [1.29, 1.82) is 0 Å². The van der Waals surface area contributed by atoms with Crippen LogP contribution in [0.2, 0.25) is 0 Å². The molecule has 2 heterocycles. The Morgan fingerprint density at radius 3 is 2.74 bits per heavy atom. The average molecular weight is 367 g/mol. The van der Waals surface area contributed by atoms with Crippen LogP contribution in [0.3, 0.4) is 0 Å². The summed E-state index contributed by atoms with van der Waals surface area (Å²) in [6.45, 7) is 0. The molecule has 0 amide bonds. The quantitative estimate of drug-likeness (QED) is 0.718. The number of nitrogen functional groups attached to an aromatic ring is 1. The average Bonchev–Trinajstić information content (AvgIpc) is 2.85. The minimum absolute atomic E-state index is 0. The molecule has 104 valence electrons. The van der Waals surface area contributed by atoms with Gasteiger partial charge >= 0.3 is 7.60 Å². The number of aromatic nitrogens is 1. The number of nitrogens with zero attached hydrogens (tertiary/aromatic N) is 1. The van der Waals surface area contributed by atoms with Gasteiger partial charge in [-0.3, -0.25) is 4.57 Å². The van der Waals surface area contributed by atoms with Crippen molar-refractivity contribution in [3.8, 4) is 11.5 Å². The van der Waals surface area contributed by atoms with Crippen molar-refractivity contribution in [2.45, 2.75) is 18.8 Å². The lowest BCUT2D eigenvalue weighted by atomic mass is 10.2. The van der Waals surface area contributed by atoms with Crippen LogP contribution in [0.4, 0.5) is 5.13 Å². The Morgan fingerprint density at radius 1 is 1.47 bits per heavy atom. The largest absolute Gasteiger partial charge is 0.462 e. The number of anilines is 1. The van der Waals surface area contributed by atoms with Gasteiger partial charge in [0.2, 0.25) is 0 Å². The maximum atomic E-state index is 11.4. The lowest BCUT2D eigenvalue weighted by molar-refractivity contribution is 0.387. The minimum Gasteiger partial charge on any atom is -0.462 e. The monoisotopic (exact) mass is 366 g/mol. The maximum Gasteiger partial charge on any atom is 0.360 e. The molecule has 0 aromatic carbocycles. The van der Waals surface area contributed by atoms with Crippen LogP contribution in [0.25, 0.3) is 11.5 Å². The molecule has 0 spiro atoms. The molecule has 6 nitrogen and oxygen atoms in total. The van der Waals surface area contributed by atoms with Gasteiger partial charge in [-0.15, -0.1) is 28.3 Å². The third-order valence-corrected chi connectivity index (χ3v) is 4.82. The zero-order chi connectivity index (χ0) is 12.9. The van der Waals surface area contributed by atoms with Crippen molar-refractivity contribution in [2.24, 2.45) is 0 Å². The van der Waals surface area contributed by atoms with E-state index in [1.807, 2.05) is 0 Å². The van der Waals surface area contributed by atoms with Crippen LogP contribution >= 0.6 is 35.9 Å². The van der Waals surface area contributed by atoms with Crippen molar-refractivity contribution in [3.05, 3.63) is 17.2 Å². The molecule has 4 N–H and O–H groups in total. The maximum absolute atomic E-state index is 11.4. The summed E-state index contributed by atoms with van der Waals surface area (Å²) in [6, 6.07) is 1.28. The first-order chi connectivity index (χ1) is 8.47. The summed E-state index contributed by atoms with van der Waals surface area (Å²) in [6.07, 6.45) is 3.37. The van der Waals surface area contributed by atoms with Crippen molar-refractivity contribution in [1.82, 2.24) is 4.98 Å². The van der Waals surface area contributed by atoms with Crippen LogP contribution in [0.5, 0.6) is 0 Å². The molecule has 1 aliphatic rings. The molecule has 1 aliphatic carbocycles. The molecule has 2 aromatic rings. The predicted molar refractivity (Wildman–Crippen MR) is 78.2 cm³/mol. The molecular weight excluding hydrogens is 355 g/mol. The fourth-order valence-corrected chi connectivity index (χ4v) is 3.52. The van der Waals surface area contributed by atoms with Crippen LogP contribution in [-0.2, 0) is 4.57 Å². The van der Waals surface area contributed by atoms with E-state index < -0.39 is 7.60 Å². The minimum atomic E-state index is -4.36. The molecule has 19 heavy (non-hydrogen) atoms. The normalized spacial score (nSPS) is 15.3. The molecule has 0 saturated heterocycles. The summed E-state index contributed by atoms with van der Waals surface area (Å²) in [5.41, 5.74) is 6.16. The Labute approximate surface area is 123 Å². The van der Waals surface area contributed by atoms with Gasteiger partial charge in [-0.05, 0) is 24.8 Å². The van der Waals surface area contributed by atoms with Crippen molar-refractivity contribution < 1.29 is 18.8 Å². The molecule has 1 fully saturated rings. The number of rotatable bonds is 3. The Balaban J connectivity index is 0.00000133. The number of hydrogen-bond donors (Lipinski definition) is 3. The number of nitrogens with two attached hydrogens (primary N) is 1. The summed E-state index contributed by atoms with van der Waals surface area (Å²) in [5.74, 6) is 0.530. The summed E-state index contributed by atoms with van der Waals surface area (Å²) in [7, 11) is -4.36. The van der Waals surface area contributed by atoms with E-state index in [0.29, 0.717) is 16.7 Å². The van der Waals surface area contributed by atoms with Crippen molar-refractivity contribution in [2.75, 3.05) is 5.73 Å². The summed E-state index contributed by atoms with van der Waals surface area (Å²) in [5, 5.41) is 0.259. The Hall–Kier alpha value is -0.660. The molecule has 0 unspecified atom stereocenters. The van der Waals surface area contributed by atoms with Crippen molar-refractivity contribution in [3.63, 3.8) is 0 Å². The summed E-state index contributed by atoms with van der Waals surface area (Å²) < 4.78 is 16.6. The Kier molecular flexibility index (Phi) is 3.90. The highest BCUT2D eigenvalue weighted by atomic mass is 79.9. The zero-order valence-electron chi connectivity index (χ0n) is 9.65. The van der Waals surface area contributed by atoms with Gasteiger partial charge in [-0.1, -0.05) is 0 Å². The van der Waals surface area contributed by atoms with E-state index in [9.17, 15) is 14.4 Å². The lowest BCUT2D eigenvalue weighted by Crippen LogP contribution is -2.04. The second-order valence-corrected chi connectivity index (χ2v) is 6.85. The predicted octanol–water partition coefficient (Wildman–Crippen LogP) is 2.24. The van der Waals surface area contributed by atoms with Gasteiger partial charge in [-0.25, -0.2) is 4.98 Å². The highest BCUT2D eigenvalue weighted by Gasteiger charge is 2.34. The molecule has 0 atom stereocenters. The Bertz CT molecular complexity index is 646. The third-order valence-electron chi connectivity index (χ3n) is 2.79. The summed E-state index contributed by atoms with van der Waals surface area (Å²) >= 11 is 1.36. The topological polar surface area (TPSA) is 110 Å². The van der Waals surface area contributed by atoms with E-state index in [0.717, 1.165) is 17.7 Å². The smallest absolute Gasteiger partial charge is 0.360 e. The standard InChI is InChI=1S/C10H11N2O4PS.BrH/c11-10-12-7(9(18-10)5-1-2-5)8-6(3-4-16-8)17(13,14)15;/h3-5H,1-2H2,(H2,11,12)(H2,13,14,15);1H. The fourth-order valence-electron chi connectivity index (χ4n) is 1.84. The Morgan fingerprint density at radius 2 is 2.16 bits per heavy atom. The molecule has 1 saturated carbocycles. The van der Waals surface area contributed by atoms with Gasteiger partial charge in [0, 0.05) is 4.88 Å². The van der Waals surface area contributed by atoms with Gasteiger partial charge in [0.1, 0.15) is 11.0 Å². The number of halogens is 1.